The van der Waals surface area contributed by atoms with Crippen LogP contribution in [-0.4, -0.2) is 11.0 Å². The number of fused-ring (bicyclic) bond motifs is 2. The summed E-state index contributed by atoms with van der Waals surface area (Å²) in [6, 6.07) is 2.17. The quantitative estimate of drug-likeness (QED) is 0.743. The minimum absolute atomic E-state index is 0.196. The zero-order chi connectivity index (χ0) is 15.8. The van der Waals surface area contributed by atoms with E-state index in [1.807, 2.05) is 0 Å². The Labute approximate surface area is 143 Å². The second-order valence-electron chi connectivity index (χ2n) is 5.92. The molecule has 0 aliphatic heterocycles. The number of nitrogen functional groups attached to an aromatic ring is 1. The van der Waals surface area contributed by atoms with Crippen molar-refractivity contribution in [1.82, 2.24) is 9.71 Å². The molecule has 1 aromatic carbocycles. The minimum atomic E-state index is -0.196. The standard InChI is InChI=1S/C16H18N4OS2/c17-13-8-18-16(22-13)23-20-15(21)19-14-11-5-1-3-9(11)7-10-4-2-6-12(10)14/h7-8H,1-6,17H2,(H2,19,20,21). The number of nitrogens with two attached hydrogens (primary N) is 1. The van der Waals surface area contributed by atoms with Gasteiger partial charge in [0.15, 0.2) is 4.34 Å². The molecule has 0 radical (unpaired) electrons. The second kappa shape index (κ2) is 6.05. The number of thiazole rings is 1. The molecule has 0 unspecified atom stereocenters. The third-order valence-electron chi connectivity index (χ3n) is 4.44. The summed E-state index contributed by atoms with van der Waals surface area (Å²) >= 11 is 2.56. The van der Waals surface area contributed by atoms with E-state index >= 15 is 0 Å². The maximum atomic E-state index is 12.3. The highest BCUT2D eigenvalue weighted by Crippen LogP contribution is 2.38. The lowest BCUT2D eigenvalue weighted by Gasteiger charge is -2.16. The first-order valence-corrected chi connectivity index (χ1v) is 9.45. The van der Waals surface area contributed by atoms with E-state index < -0.39 is 0 Å². The highest BCUT2D eigenvalue weighted by molar-refractivity contribution is 7.99. The number of benzene rings is 1. The molecule has 4 rings (SSSR count). The first kappa shape index (κ1) is 14.8. The van der Waals surface area contributed by atoms with E-state index in [1.165, 1.54) is 58.4 Å². The largest absolute Gasteiger partial charge is 0.389 e. The highest BCUT2D eigenvalue weighted by Gasteiger charge is 2.24. The molecule has 4 N–H and O–H groups in total. The molecular formula is C16H18N4OS2. The van der Waals surface area contributed by atoms with E-state index in [0.29, 0.717) is 5.00 Å². The van der Waals surface area contributed by atoms with Crippen LogP contribution in [0.1, 0.15) is 35.1 Å². The fraction of sp³-hybridized carbons (Fsp3) is 0.375. The molecule has 23 heavy (non-hydrogen) atoms. The number of urea groups is 1. The van der Waals surface area contributed by atoms with Crippen molar-refractivity contribution in [1.29, 1.82) is 0 Å². The van der Waals surface area contributed by atoms with Gasteiger partial charge in [-0.05, 0) is 60.8 Å². The number of aromatic nitrogens is 1. The SMILES string of the molecule is Nc1cnc(SNC(=O)Nc2c3c(cc4c2CCC4)CCC3)s1. The molecule has 120 valence electrons. The van der Waals surface area contributed by atoms with Crippen molar-refractivity contribution in [2.45, 2.75) is 42.9 Å². The Balaban J connectivity index is 1.51. The zero-order valence-electron chi connectivity index (χ0n) is 12.6. The van der Waals surface area contributed by atoms with Gasteiger partial charge < -0.3 is 11.1 Å². The predicted octanol–water partition coefficient (Wildman–Crippen LogP) is 3.53. The molecule has 7 heteroatoms. The number of amides is 2. The molecule has 2 aromatic rings. The number of carbonyl (C=O) groups is 1. The van der Waals surface area contributed by atoms with Gasteiger partial charge in [0.1, 0.15) is 5.00 Å². The lowest BCUT2D eigenvalue weighted by atomic mass is 9.99. The highest BCUT2D eigenvalue weighted by atomic mass is 32.2. The fourth-order valence-electron chi connectivity index (χ4n) is 3.51. The number of hydrogen-bond donors (Lipinski definition) is 3. The summed E-state index contributed by atoms with van der Waals surface area (Å²) < 4.78 is 3.54. The van der Waals surface area contributed by atoms with Crippen molar-refractivity contribution in [2.75, 3.05) is 11.1 Å². The molecule has 0 saturated heterocycles. The fourth-order valence-corrected chi connectivity index (χ4v) is 4.84. The van der Waals surface area contributed by atoms with Gasteiger partial charge in [0.2, 0.25) is 0 Å². The van der Waals surface area contributed by atoms with Gasteiger partial charge >= 0.3 is 6.03 Å². The summed E-state index contributed by atoms with van der Waals surface area (Å²) in [5.74, 6) is 0. The molecule has 2 aliphatic rings. The number of anilines is 2. The van der Waals surface area contributed by atoms with E-state index in [-0.39, 0.29) is 6.03 Å². The number of carbonyl (C=O) groups excluding carboxylic acids is 1. The normalized spacial score (nSPS) is 15.3. The van der Waals surface area contributed by atoms with Crippen LogP contribution in [0.2, 0.25) is 0 Å². The van der Waals surface area contributed by atoms with Crippen molar-refractivity contribution in [3.05, 3.63) is 34.5 Å². The smallest absolute Gasteiger partial charge is 0.329 e. The number of aryl methyl sites for hydroxylation is 2. The predicted molar refractivity (Wildman–Crippen MR) is 95.0 cm³/mol. The van der Waals surface area contributed by atoms with E-state index in [9.17, 15) is 4.79 Å². The average molecular weight is 346 g/mol. The summed E-state index contributed by atoms with van der Waals surface area (Å²) in [7, 11) is 0. The average Bonchev–Trinajstić information content (AvgIpc) is 3.24. The Hall–Kier alpha value is -1.73. The van der Waals surface area contributed by atoms with Gasteiger partial charge in [-0.2, -0.15) is 0 Å². The molecule has 0 atom stereocenters. The van der Waals surface area contributed by atoms with Gasteiger partial charge in [0.05, 0.1) is 6.20 Å². The van der Waals surface area contributed by atoms with Crippen LogP contribution < -0.4 is 15.8 Å². The van der Waals surface area contributed by atoms with Crippen molar-refractivity contribution in [2.24, 2.45) is 0 Å². The molecule has 0 saturated carbocycles. The Morgan fingerprint density at radius 3 is 2.48 bits per heavy atom. The van der Waals surface area contributed by atoms with Crippen LogP contribution in [0.5, 0.6) is 0 Å². The molecule has 0 bridgehead atoms. The van der Waals surface area contributed by atoms with Crippen LogP contribution in [0.3, 0.4) is 0 Å². The van der Waals surface area contributed by atoms with Crippen LogP contribution in [0.4, 0.5) is 15.5 Å². The summed E-state index contributed by atoms with van der Waals surface area (Å²) in [6.45, 7) is 0. The lowest BCUT2D eigenvalue weighted by molar-refractivity contribution is 0.257. The van der Waals surface area contributed by atoms with Gasteiger partial charge in [0, 0.05) is 17.6 Å². The zero-order valence-corrected chi connectivity index (χ0v) is 14.3. The maximum Gasteiger partial charge on any atom is 0.329 e. The summed E-state index contributed by atoms with van der Waals surface area (Å²) in [5, 5.41) is 3.74. The van der Waals surface area contributed by atoms with Crippen LogP contribution in [0.25, 0.3) is 0 Å². The molecule has 2 amide bonds. The minimum Gasteiger partial charge on any atom is -0.389 e. The van der Waals surface area contributed by atoms with Gasteiger partial charge in [-0.3, -0.25) is 4.72 Å². The van der Waals surface area contributed by atoms with Crippen molar-refractivity contribution in [3.8, 4) is 0 Å². The van der Waals surface area contributed by atoms with E-state index in [2.05, 4.69) is 21.1 Å². The first-order chi connectivity index (χ1) is 11.2. The van der Waals surface area contributed by atoms with Gasteiger partial charge in [0.25, 0.3) is 0 Å². The Bertz CT molecular complexity index is 739. The van der Waals surface area contributed by atoms with E-state index in [4.69, 9.17) is 5.73 Å². The third-order valence-corrected chi connectivity index (χ3v) is 6.13. The van der Waals surface area contributed by atoms with Gasteiger partial charge in [-0.25, -0.2) is 9.78 Å². The molecule has 1 aromatic heterocycles. The Kier molecular flexibility index (Phi) is 3.90. The van der Waals surface area contributed by atoms with Crippen LogP contribution >= 0.6 is 23.3 Å². The summed E-state index contributed by atoms with van der Waals surface area (Å²) in [5.41, 5.74) is 12.2. The molecule has 0 fully saturated rings. The van der Waals surface area contributed by atoms with Crippen LogP contribution in [0, 0.1) is 0 Å². The Morgan fingerprint density at radius 2 is 1.87 bits per heavy atom. The van der Waals surface area contributed by atoms with Gasteiger partial charge in [-0.15, -0.1) is 0 Å². The number of nitrogens with one attached hydrogen (secondary N) is 2. The number of rotatable bonds is 3. The van der Waals surface area contributed by atoms with Crippen molar-refractivity contribution in [3.63, 3.8) is 0 Å². The van der Waals surface area contributed by atoms with Crippen molar-refractivity contribution < 1.29 is 4.79 Å². The molecule has 1 heterocycles. The van der Waals surface area contributed by atoms with E-state index in [0.717, 1.165) is 35.7 Å². The Morgan fingerprint density at radius 1 is 1.17 bits per heavy atom. The van der Waals surface area contributed by atoms with Gasteiger partial charge in [-0.1, -0.05) is 17.4 Å². The monoisotopic (exact) mass is 346 g/mol. The molecular weight excluding hydrogens is 328 g/mol. The molecule has 2 aliphatic carbocycles. The van der Waals surface area contributed by atoms with Crippen LogP contribution in [-0.2, 0) is 25.7 Å². The topological polar surface area (TPSA) is 80.0 Å². The number of nitrogens with zero attached hydrogens (tertiary/aromatic N) is 1. The first-order valence-electron chi connectivity index (χ1n) is 7.82. The van der Waals surface area contributed by atoms with E-state index in [1.54, 1.807) is 6.20 Å². The number of hydrogen-bond acceptors (Lipinski definition) is 5. The van der Waals surface area contributed by atoms with Crippen molar-refractivity contribution >= 4 is 40.0 Å². The molecule has 0 spiro atoms. The summed E-state index contributed by atoms with van der Waals surface area (Å²) in [6.07, 6.45) is 8.35. The summed E-state index contributed by atoms with van der Waals surface area (Å²) in [4.78, 5) is 16.4. The lowest BCUT2D eigenvalue weighted by Crippen LogP contribution is -2.24. The molecule has 5 nitrogen and oxygen atoms in total. The maximum absolute atomic E-state index is 12.3. The van der Waals surface area contributed by atoms with Crippen LogP contribution in [0.15, 0.2) is 16.6 Å². The third kappa shape index (κ3) is 2.90. The second-order valence-corrected chi connectivity index (χ2v) is 8.04.